The van der Waals surface area contributed by atoms with Gasteiger partial charge in [-0.25, -0.2) is 4.98 Å². The highest BCUT2D eigenvalue weighted by atomic mass is 16.5. The highest BCUT2D eigenvalue weighted by Crippen LogP contribution is 2.39. The van der Waals surface area contributed by atoms with E-state index in [1.807, 2.05) is 19.1 Å². The summed E-state index contributed by atoms with van der Waals surface area (Å²) < 4.78 is 5.89. The Morgan fingerprint density at radius 2 is 2.03 bits per heavy atom. The Balaban J connectivity index is 1.19. The molecule has 1 aliphatic carbocycles. The summed E-state index contributed by atoms with van der Waals surface area (Å²) in [4.78, 5) is 37.8. The SMILES string of the molecule is CNC(=O)c1ccc(N2CCN(Cc3cc4c(cn3)O[C@@H](C3CC3)C(=O)N4)CC2)c(C)n1. The monoisotopic (exact) mass is 436 g/mol. The van der Waals surface area contributed by atoms with Gasteiger partial charge in [0.1, 0.15) is 5.69 Å². The number of aromatic nitrogens is 2. The molecule has 1 saturated carbocycles. The number of pyridine rings is 2. The maximum Gasteiger partial charge on any atom is 0.269 e. The molecule has 2 aromatic rings. The lowest BCUT2D eigenvalue weighted by atomic mass is 10.1. The molecule has 1 atom stereocenters. The van der Waals surface area contributed by atoms with Crippen LogP contribution in [0.4, 0.5) is 11.4 Å². The van der Waals surface area contributed by atoms with Crippen molar-refractivity contribution in [3.63, 3.8) is 0 Å². The minimum absolute atomic E-state index is 0.0443. The van der Waals surface area contributed by atoms with Gasteiger partial charge in [-0.05, 0) is 38.0 Å². The van der Waals surface area contributed by atoms with E-state index in [9.17, 15) is 9.59 Å². The third-order valence-corrected chi connectivity index (χ3v) is 6.36. The molecule has 0 bridgehead atoms. The van der Waals surface area contributed by atoms with E-state index in [0.29, 0.717) is 23.0 Å². The van der Waals surface area contributed by atoms with Crippen molar-refractivity contribution < 1.29 is 14.3 Å². The maximum atomic E-state index is 12.3. The van der Waals surface area contributed by atoms with E-state index in [1.165, 1.54) is 0 Å². The van der Waals surface area contributed by atoms with Crippen LogP contribution in [0.1, 0.15) is 34.7 Å². The van der Waals surface area contributed by atoms with Crippen LogP contribution in [0.25, 0.3) is 0 Å². The first-order valence-corrected chi connectivity index (χ1v) is 11.2. The van der Waals surface area contributed by atoms with Gasteiger partial charge < -0.3 is 20.3 Å². The number of nitrogens with zero attached hydrogens (tertiary/aromatic N) is 4. The molecule has 0 unspecified atom stereocenters. The van der Waals surface area contributed by atoms with E-state index < -0.39 is 0 Å². The first kappa shape index (κ1) is 20.7. The lowest BCUT2D eigenvalue weighted by Gasteiger charge is -2.36. The van der Waals surface area contributed by atoms with Gasteiger partial charge in [0.25, 0.3) is 11.8 Å². The Kier molecular flexibility index (Phi) is 5.42. The van der Waals surface area contributed by atoms with Gasteiger partial charge in [0, 0.05) is 45.7 Å². The molecule has 2 amide bonds. The van der Waals surface area contributed by atoms with E-state index in [-0.39, 0.29) is 17.9 Å². The molecule has 32 heavy (non-hydrogen) atoms. The van der Waals surface area contributed by atoms with Crippen LogP contribution in [0.5, 0.6) is 5.75 Å². The van der Waals surface area contributed by atoms with Gasteiger partial charge in [-0.15, -0.1) is 0 Å². The van der Waals surface area contributed by atoms with Gasteiger partial charge in [-0.1, -0.05) is 0 Å². The second-order valence-corrected chi connectivity index (χ2v) is 8.68. The number of amides is 2. The Morgan fingerprint density at radius 3 is 2.72 bits per heavy atom. The molecule has 9 heteroatoms. The van der Waals surface area contributed by atoms with Crippen molar-refractivity contribution in [2.75, 3.05) is 43.4 Å². The largest absolute Gasteiger partial charge is 0.476 e. The van der Waals surface area contributed by atoms with Crippen molar-refractivity contribution in [2.45, 2.75) is 32.4 Å². The topological polar surface area (TPSA) is 99.7 Å². The van der Waals surface area contributed by atoms with Crippen molar-refractivity contribution in [2.24, 2.45) is 5.92 Å². The molecule has 3 aliphatic rings. The second-order valence-electron chi connectivity index (χ2n) is 8.68. The van der Waals surface area contributed by atoms with Crippen LogP contribution in [-0.4, -0.2) is 66.0 Å². The van der Waals surface area contributed by atoms with Crippen LogP contribution < -0.4 is 20.3 Å². The molecule has 0 spiro atoms. The van der Waals surface area contributed by atoms with Crippen molar-refractivity contribution in [1.82, 2.24) is 20.2 Å². The average molecular weight is 437 g/mol. The van der Waals surface area contributed by atoms with Crippen LogP contribution in [0, 0.1) is 12.8 Å². The van der Waals surface area contributed by atoms with Gasteiger partial charge in [0.15, 0.2) is 11.9 Å². The average Bonchev–Trinajstić information content (AvgIpc) is 3.64. The summed E-state index contributed by atoms with van der Waals surface area (Å²) in [6.45, 7) is 6.18. The fourth-order valence-corrected chi connectivity index (χ4v) is 4.39. The molecule has 2 aliphatic heterocycles. The number of nitrogens with one attached hydrogen (secondary N) is 2. The number of aryl methyl sites for hydroxylation is 1. The zero-order chi connectivity index (χ0) is 22.2. The highest BCUT2D eigenvalue weighted by Gasteiger charge is 2.41. The number of anilines is 2. The number of carbonyl (C=O) groups excluding carboxylic acids is 2. The Bertz CT molecular complexity index is 1050. The van der Waals surface area contributed by atoms with Crippen molar-refractivity contribution in [3.8, 4) is 5.75 Å². The molecule has 2 aromatic heterocycles. The molecule has 9 nitrogen and oxygen atoms in total. The summed E-state index contributed by atoms with van der Waals surface area (Å²) in [5.74, 6) is 0.792. The highest BCUT2D eigenvalue weighted by molar-refractivity contribution is 5.98. The fourth-order valence-electron chi connectivity index (χ4n) is 4.39. The van der Waals surface area contributed by atoms with E-state index in [1.54, 1.807) is 19.3 Å². The molecular formula is C23H28N6O3. The van der Waals surface area contributed by atoms with Gasteiger partial charge in [0.2, 0.25) is 0 Å². The standard InChI is InChI=1S/C23H28N6O3/c1-14-19(6-5-17(26-14)22(30)24-2)29-9-7-28(8-10-29)13-16-11-18-20(12-25-16)32-21(15-3-4-15)23(31)27-18/h5-6,11-12,15,21H,3-4,7-10,13H2,1-2H3,(H,24,30)(H,27,31)/t21-/m0/s1. The predicted molar refractivity (Wildman–Crippen MR) is 120 cm³/mol. The molecule has 0 aromatic carbocycles. The lowest BCUT2D eigenvalue weighted by molar-refractivity contribution is -0.124. The molecular weight excluding hydrogens is 408 g/mol. The molecule has 4 heterocycles. The summed E-state index contributed by atoms with van der Waals surface area (Å²) in [5, 5.41) is 5.60. The first-order valence-electron chi connectivity index (χ1n) is 11.2. The number of fused-ring (bicyclic) bond motifs is 1. The maximum absolute atomic E-state index is 12.3. The van der Waals surface area contributed by atoms with E-state index in [2.05, 4.69) is 30.4 Å². The van der Waals surface area contributed by atoms with Crippen molar-refractivity contribution in [1.29, 1.82) is 0 Å². The summed E-state index contributed by atoms with van der Waals surface area (Å²) in [5.41, 5.74) is 3.99. The normalized spacial score (nSPS) is 20.9. The number of rotatable bonds is 5. The molecule has 2 N–H and O–H groups in total. The molecule has 0 radical (unpaired) electrons. The fraction of sp³-hybridized carbons (Fsp3) is 0.478. The zero-order valence-corrected chi connectivity index (χ0v) is 18.4. The van der Waals surface area contributed by atoms with Gasteiger partial charge in [-0.3, -0.25) is 19.5 Å². The summed E-state index contributed by atoms with van der Waals surface area (Å²) in [7, 11) is 1.61. The first-order chi connectivity index (χ1) is 15.5. The zero-order valence-electron chi connectivity index (χ0n) is 18.4. The van der Waals surface area contributed by atoms with Crippen molar-refractivity contribution >= 4 is 23.2 Å². The smallest absolute Gasteiger partial charge is 0.269 e. The van der Waals surface area contributed by atoms with Crippen LogP contribution in [-0.2, 0) is 11.3 Å². The predicted octanol–water partition coefficient (Wildman–Crippen LogP) is 1.58. The third-order valence-electron chi connectivity index (χ3n) is 6.36. The van der Waals surface area contributed by atoms with E-state index in [0.717, 1.165) is 62.6 Å². The number of hydrogen-bond donors (Lipinski definition) is 2. The minimum atomic E-state index is -0.369. The van der Waals surface area contributed by atoms with Crippen molar-refractivity contribution in [3.05, 3.63) is 41.5 Å². The molecule has 1 saturated heterocycles. The van der Waals surface area contributed by atoms with Crippen LogP contribution >= 0.6 is 0 Å². The van der Waals surface area contributed by atoms with Gasteiger partial charge in [0.05, 0.1) is 29.0 Å². The van der Waals surface area contributed by atoms with Gasteiger partial charge >= 0.3 is 0 Å². The lowest BCUT2D eigenvalue weighted by Crippen LogP contribution is -2.46. The quantitative estimate of drug-likeness (QED) is 0.734. The molecule has 168 valence electrons. The Morgan fingerprint density at radius 1 is 1.25 bits per heavy atom. The number of piperazine rings is 1. The van der Waals surface area contributed by atoms with E-state index >= 15 is 0 Å². The number of carbonyl (C=O) groups is 2. The second kappa shape index (κ2) is 8.38. The summed E-state index contributed by atoms with van der Waals surface area (Å²) in [6, 6.07) is 5.67. The third kappa shape index (κ3) is 4.12. The van der Waals surface area contributed by atoms with Crippen LogP contribution in [0.2, 0.25) is 0 Å². The molecule has 5 rings (SSSR count). The Hall–Kier alpha value is -3.20. The van der Waals surface area contributed by atoms with Crippen LogP contribution in [0.15, 0.2) is 24.4 Å². The summed E-state index contributed by atoms with van der Waals surface area (Å²) in [6.07, 6.45) is 3.47. The molecule has 2 fully saturated rings. The Labute approximate surface area is 187 Å². The van der Waals surface area contributed by atoms with Crippen LogP contribution in [0.3, 0.4) is 0 Å². The van der Waals surface area contributed by atoms with E-state index in [4.69, 9.17) is 4.74 Å². The minimum Gasteiger partial charge on any atom is -0.476 e. The number of ether oxygens (including phenoxy) is 1. The number of hydrogen-bond acceptors (Lipinski definition) is 7. The summed E-state index contributed by atoms with van der Waals surface area (Å²) >= 11 is 0. The van der Waals surface area contributed by atoms with Gasteiger partial charge in [-0.2, -0.15) is 0 Å².